The van der Waals surface area contributed by atoms with Crippen LogP contribution < -0.4 is 15.6 Å². The first kappa shape index (κ1) is 23.4. The van der Waals surface area contributed by atoms with Gasteiger partial charge in [-0.2, -0.15) is 0 Å². The van der Waals surface area contributed by atoms with E-state index in [-0.39, 0.29) is 40.4 Å². The van der Waals surface area contributed by atoms with Crippen LogP contribution in [0.1, 0.15) is 79.1 Å². The number of hydrogen-bond acceptors (Lipinski definition) is 4. The Kier molecular flexibility index (Phi) is 7.13. The highest BCUT2D eigenvalue weighted by Crippen LogP contribution is 2.34. The minimum absolute atomic E-state index is 0.00275. The van der Waals surface area contributed by atoms with Gasteiger partial charge in [0.05, 0.1) is 5.92 Å². The van der Waals surface area contributed by atoms with Crippen molar-refractivity contribution < 1.29 is 9.53 Å². The van der Waals surface area contributed by atoms with Crippen molar-refractivity contribution in [1.82, 2.24) is 15.1 Å². The number of aromatic nitrogens is 2. The van der Waals surface area contributed by atoms with Crippen molar-refractivity contribution in [2.75, 3.05) is 0 Å². The molecule has 0 radical (unpaired) electrons. The Morgan fingerprint density at radius 2 is 1.87 bits per heavy atom. The van der Waals surface area contributed by atoms with E-state index in [2.05, 4.69) is 50.0 Å². The number of nitrogens with one attached hydrogen (secondary N) is 1. The molecule has 1 N–H and O–H groups in total. The molecule has 2 aliphatic carbocycles. The van der Waals surface area contributed by atoms with Gasteiger partial charge in [0.25, 0.3) is 5.56 Å². The average Bonchev–Trinajstić information content (AvgIpc) is 2.71. The summed E-state index contributed by atoms with van der Waals surface area (Å²) >= 11 is 0. The zero-order chi connectivity index (χ0) is 22.6. The van der Waals surface area contributed by atoms with E-state index in [1.165, 1.54) is 10.7 Å². The molecular formula is C25H37N3O3. The van der Waals surface area contributed by atoms with Crippen molar-refractivity contribution in [3.8, 4) is 17.7 Å². The standard InChI is InChI=1S/C25H37N3O3/c1-24(2,3)15-12-18-8-6-7-9-20(18)23(30)26-19-13-16-25(4,17-14-19)31-21-10-11-22(29)28(5)27-21/h10-11,18-20H,6-9,13-14,16-17H2,1-5H3,(H,26,30). The predicted molar refractivity (Wildman–Crippen MR) is 122 cm³/mol. The zero-order valence-electron chi connectivity index (χ0n) is 19.7. The van der Waals surface area contributed by atoms with E-state index in [4.69, 9.17) is 4.74 Å². The summed E-state index contributed by atoms with van der Waals surface area (Å²) in [5.41, 5.74) is -0.527. The quantitative estimate of drug-likeness (QED) is 0.741. The molecular weight excluding hydrogens is 390 g/mol. The van der Waals surface area contributed by atoms with Gasteiger partial charge in [0.2, 0.25) is 11.8 Å². The van der Waals surface area contributed by atoms with Crippen LogP contribution >= 0.6 is 0 Å². The average molecular weight is 428 g/mol. The van der Waals surface area contributed by atoms with Crippen LogP contribution in [0.5, 0.6) is 5.88 Å². The van der Waals surface area contributed by atoms with E-state index in [1.54, 1.807) is 13.1 Å². The number of nitrogens with zero attached hydrogens (tertiary/aromatic N) is 2. The molecule has 3 rings (SSSR count). The van der Waals surface area contributed by atoms with Crippen molar-refractivity contribution >= 4 is 5.91 Å². The fourth-order valence-corrected chi connectivity index (χ4v) is 4.50. The van der Waals surface area contributed by atoms with Crippen molar-refractivity contribution in [1.29, 1.82) is 0 Å². The van der Waals surface area contributed by atoms with Gasteiger partial charge in [0.15, 0.2) is 0 Å². The largest absolute Gasteiger partial charge is 0.470 e. The molecule has 1 amide bonds. The van der Waals surface area contributed by atoms with E-state index in [1.807, 2.05) is 0 Å². The second-order valence-electron chi connectivity index (χ2n) is 10.5. The Balaban J connectivity index is 1.55. The fraction of sp³-hybridized carbons (Fsp3) is 0.720. The third-order valence-electron chi connectivity index (χ3n) is 6.41. The Morgan fingerprint density at radius 3 is 2.52 bits per heavy atom. The summed E-state index contributed by atoms with van der Waals surface area (Å²) < 4.78 is 7.41. The molecule has 1 aromatic rings. The molecule has 2 unspecified atom stereocenters. The highest BCUT2D eigenvalue weighted by molar-refractivity contribution is 5.79. The van der Waals surface area contributed by atoms with Crippen LogP contribution in [-0.2, 0) is 11.8 Å². The highest BCUT2D eigenvalue weighted by Gasteiger charge is 2.36. The summed E-state index contributed by atoms with van der Waals surface area (Å²) in [5, 5.41) is 7.49. The highest BCUT2D eigenvalue weighted by atomic mass is 16.5. The van der Waals surface area contributed by atoms with Gasteiger partial charge in [-0.25, -0.2) is 4.68 Å². The molecule has 31 heavy (non-hydrogen) atoms. The van der Waals surface area contributed by atoms with Crippen LogP contribution in [-0.4, -0.2) is 27.3 Å². The molecule has 2 fully saturated rings. The molecule has 0 bridgehead atoms. The topological polar surface area (TPSA) is 73.2 Å². The molecule has 2 atom stereocenters. The van der Waals surface area contributed by atoms with E-state index in [0.717, 1.165) is 51.4 Å². The lowest BCUT2D eigenvalue weighted by Gasteiger charge is -2.38. The Morgan fingerprint density at radius 1 is 1.19 bits per heavy atom. The molecule has 2 aliphatic rings. The van der Waals surface area contributed by atoms with Gasteiger partial charge in [-0.05, 0) is 66.2 Å². The van der Waals surface area contributed by atoms with Crippen LogP contribution in [0.2, 0.25) is 0 Å². The molecule has 0 saturated heterocycles. The predicted octanol–water partition coefficient (Wildman–Crippen LogP) is 3.83. The number of carbonyl (C=O) groups is 1. The number of aryl methyl sites for hydroxylation is 1. The lowest BCUT2D eigenvalue weighted by molar-refractivity contribution is -0.128. The van der Waals surface area contributed by atoms with E-state index in [0.29, 0.717) is 5.88 Å². The molecule has 1 heterocycles. The maximum atomic E-state index is 13.1. The second-order valence-corrected chi connectivity index (χ2v) is 10.5. The molecule has 0 aliphatic heterocycles. The van der Waals surface area contributed by atoms with Gasteiger partial charge < -0.3 is 10.1 Å². The number of hydrogen-bond donors (Lipinski definition) is 1. The summed E-state index contributed by atoms with van der Waals surface area (Å²) in [6, 6.07) is 3.28. The monoisotopic (exact) mass is 427 g/mol. The van der Waals surface area contributed by atoms with Gasteiger partial charge in [-0.1, -0.05) is 24.7 Å². The van der Waals surface area contributed by atoms with Crippen molar-refractivity contribution in [3.05, 3.63) is 22.5 Å². The van der Waals surface area contributed by atoms with Gasteiger partial charge in [-0.15, -0.1) is 5.10 Å². The molecule has 6 heteroatoms. The van der Waals surface area contributed by atoms with Crippen molar-refractivity contribution in [2.24, 2.45) is 24.3 Å². The zero-order valence-corrected chi connectivity index (χ0v) is 19.7. The maximum absolute atomic E-state index is 13.1. The van der Waals surface area contributed by atoms with E-state index in [9.17, 15) is 9.59 Å². The van der Waals surface area contributed by atoms with Crippen LogP contribution in [0.4, 0.5) is 0 Å². The summed E-state index contributed by atoms with van der Waals surface area (Å²) in [7, 11) is 1.62. The number of carbonyl (C=O) groups excluding carboxylic acids is 1. The van der Waals surface area contributed by atoms with Crippen LogP contribution in [0.25, 0.3) is 0 Å². The molecule has 170 valence electrons. The van der Waals surface area contributed by atoms with Crippen molar-refractivity contribution in [3.63, 3.8) is 0 Å². The first-order chi connectivity index (χ1) is 14.5. The summed E-state index contributed by atoms with van der Waals surface area (Å²) in [6.07, 6.45) is 7.63. The summed E-state index contributed by atoms with van der Waals surface area (Å²) in [6.45, 7) is 8.42. The first-order valence-electron chi connectivity index (χ1n) is 11.6. The molecule has 6 nitrogen and oxygen atoms in total. The number of rotatable bonds is 4. The fourth-order valence-electron chi connectivity index (χ4n) is 4.50. The van der Waals surface area contributed by atoms with Crippen molar-refractivity contribution in [2.45, 2.75) is 90.7 Å². The Labute approximate surface area is 186 Å². The summed E-state index contributed by atoms with van der Waals surface area (Å²) in [4.78, 5) is 24.6. The first-order valence-corrected chi connectivity index (χ1v) is 11.6. The van der Waals surface area contributed by atoms with Crippen LogP contribution in [0, 0.1) is 29.1 Å². The van der Waals surface area contributed by atoms with Gasteiger partial charge in [-0.3, -0.25) is 9.59 Å². The number of ether oxygens (including phenoxy) is 1. The second kappa shape index (κ2) is 9.46. The Hall–Kier alpha value is -2.29. The molecule has 0 spiro atoms. The van der Waals surface area contributed by atoms with Gasteiger partial charge in [0, 0.05) is 36.6 Å². The molecule has 2 saturated carbocycles. The maximum Gasteiger partial charge on any atom is 0.266 e. The van der Waals surface area contributed by atoms with Crippen LogP contribution in [0.3, 0.4) is 0 Å². The van der Waals surface area contributed by atoms with Crippen LogP contribution in [0.15, 0.2) is 16.9 Å². The van der Waals surface area contributed by atoms with E-state index < -0.39 is 0 Å². The normalized spacial score (nSPS) is 28.9. The van der Waals surface area contributed by atoms with E-state index >= 15 is 0 Å². The summed E-state index contributed by atoms with van der Waals surface area (Å²) in [5.74, 6) is 7.57. The van der Waals surface area contributed by atoms with Gasteiger partial charge >= 0.3 is 0 Å². The third kappa shape index (κ3) is 6.59. The smallest absolute Gasteiger partial charge is 0.266 e. The van der Waals surface area contributed by atoms with Gasteiger partial charge in [0.1, 0.15) is 5.60 Å². The third-order valence-corrected chi connectivity index (χ3v) is 6.41. The molecule has 1 aromatic heterocycles. The lowest BCUT2D eigenvalue weighted by atomic mass is 9.77. The molecule has 0 aromatic carbocycles. The Bertz CT molecular complexity index is 895. The minimum atomic E-state index is -0.336. The number of amides is 1. The SMILES string of the molecule is Cn1nc(OC2(C)CCC(NC(=O)C3CCCCC3C#CC(C)(C)C)CC2)ccc1=O. The lowest BCUT2D eigenvalue weighted by Crippen LogP contribution is -2.47. The minimum Gasteiger partial charge on any atom is -0.470 e.